The molecule has 0 fully saturated rings. The quantitative estimate of drug-likeness (QED) is 0.546. The van der Waals surface area contributed by atoms with Gasteiger partial charge in [0, 0.05) is 5.56 Å². The van der Waals surface area contributed by atoms with Crippen molar-refractivity contribution in [3.05, 3.63) is 71.8 Å². The zero-order chi connectivity index (χ0) is 18.4. The summed E-state index contributed by atoms with van der Waals surface area (Å²) in [5.41, 5.74) is 4.37. The molecule has 26 heavy (non-hydrogen) atoms. The van der Waals surface area contributed by atoms with Gasteiger partial charge >= 0.3 is 0 Å². The second-order valence-corrected chi connectivity index (χ2v) is 5.80. The standard InChI is InChI=1S/C21H20N2O3/c1-15-6-5-8-17(12-15)26-14-21(24)23-22-13-19-18-9-4-3-7-16(18)10-11-20(19)25-2/h3-13H,14H2,1-2H3,(H,23,24)/b22-13+. The van der Waals surface area contributed by atoms with Crippen molar-refractivity contribution in [2.45, 2.75) is 6.92 Å². The maximum absolute atomic E-state index is 11.9. The predicted octanol–water partition coefficient (Wildman–Crippen LogP) is 3.69. The number of hydrogen-bond donors (Lipinski definition) is 1. The van der Waals surface area contributed by atoms with Gasteiger partial charge in [0.05, 0.1) is 13.3 Å². The number of hydrazone groups is 1. The zero-order valence-corrected chi connectivity index (χ0v) is 14.7. The van der Waals surface area contributed by atoms with E-state index in [-0.39, 0.29) is 12.5 Å². The fraction of sp³-hybridized carbons (Fsp3) is 0.143. The van der Waals surface area contributed by atoms with Crippen LogP contribution in [0.25, 0.3) is 10.8 Å². The van der Waals surface area contributed by atoms with Crippen LogP contribution in [0.3, 0.4) is 0 Å². The van der Waals surface area contributed by atoms with Crippen LogP contribution >= 0.6 is 0 Å². The maximum Gasteiger partial charge on any atom is 0.277 e. The van der Waals surface area contributed by atoms with Gasteiger partial charge in [-0.2, -0.15) is 5.10 Å². The molecule has 0 heterocycles. The van der Waals surface area contributed by atoms with Crippen molar-refractivity contribution < 1.29 is 14.3 Å². The van der Waals surface area contributed by atoms with Crippen molar-refractivity contribution in [3.63, 3.8) is 0 Å². The van der Waals surface area contributed by atoms with Crippen molar-refractivity contribution in [2.75, 3.05) is 13.7 Å². The highest BCUT2D eigenvalue weighted by Crippen LogP contribution is 2.26. The molecule has 3 aromatic carbocycles. The van der Waals surface area contributed by atoms with E-state index in [0.29, 0.717) is 11.5 Å². The van der Waals surface area contributed by atoms with E-state index in [1.807, 2.05) is 67.6 Å². The van der Waals surface area contributed by atoms with Crippen LogP contribution in [0, 0.1) is 6.92 Å². The number of methoxy groups -OCH3 is 1. The minimum atomic E-state index is -0.332. The number of fused-ring (bicyclic) bond motifs is 1. The van der Waals surface area contributed by atoms with Gasteiger partial charge in [0.2, 0.25) is 0 Å². The van der Waals surface area contributed by atoms with Gasteiger partial charge in [0.15, 0.2) is 6.61 Å². The lowest BCUT2D eigenvalue weighted by Crippen LogP contribution is -2.24. The van der Waals surface area contributed by atoms with Crippen molar-refractivity contribution in [1.29, 1.82) is 0 Å². The van der Waals surface area contributed by atoms with Gasteiger partial charge in [0.1, 0.15) is 11.5 Å². The Labute approximate surface area is 152 Å². The molecule has 0 atom stereocenters. The molecule has 0 aliphatic rings. The van der Waals surface area contributed by atoms with Crippen LogP contribution < -0.4 is 14.9 Å². The molecule has 5 heteroatoms. The highest BCUT2D eigenvalue weighted by molar-refractivity contribution is 6.02. The number of aryl methyl sites for hydroxylation is 1. The number of rotatable bonds is 6. The lowest BCUT2D eigenvalue weighted by molar-refractivity contribution is -0.123. The van der Waals surface area contributed by atoms with Crippen molar-refractivity contribution in [1.82, 2.24) is 5.43 Å². The molecule has 1 N–H and O–H groups in total. The SMILES string of the molecule is COc1ccc2ccccc2c1/C=N/NC(=O)COc1cccc(C)c1. The van der Waals surface area contributed by atoms with Crippen LogP contribution in [-0.4, -0.2) is 25.8 Å². The first-order valence-corrected chi connectivity index (χ1v) is 8.24. The third-order valence-electron chi connectivity index (χ3n) is 3.89. The van der Waals surface area contributed by atoms with E-state index in [1.54, 1.807) is 13.3 Å². The van der Waals surface area contributed by atoms with Crippen LogP contribution in [0.2, 0.25) is 0 Å². The van der Waals surface area contributed by atoms with Crippen LogP contribution in [-0.2, 0) is 4.79 Å². The molecule has 0 radical (unpaired) electrons. The van der Waals surface area contributed by atoms with Gasteiger partial charge < -0.3 is 9.47 Å². The molecule has 0 aliphatic carbocycles. The summed E-state index contributed by atoms with van der Waals surface area (Å²) in [6.07, 6.45) is 1.59. The highest BCUT2D eigenvalue weighted by atomic mass is 16.5. The molecule has 0 unspecified atom stereocenters. The second kappa shape index (κ2) is 8.16. The molecular formula is C21H20N2O3. The van der Waals surface area contributed by atoms with Gasteiger partial charge in [-0.25, -0.2) is 5.43 Å². The average Bonchev–Trinajstić information content (AvgIpc) is 2.66. The summed E-state index contributed by atoms with van der Waals surface area (Å²) in [5.74, 6) is 1.01. The number of carbonyl (C=O) groups excluding carboxylic acids is 1. The molecule has 132 valence electrons. The summed E-state index contributed by atoms with van der Waals surface area (Å²) >= 11 is 0. The molecular weight excluding hydrogens is 328 g/mol. The molecule has 0 saturated carbocycles. The van der Waals surface area contributed by atoms with Crippen molar-refractivity contribution in [2.24, 2.45) is 5.10 Å². The van der Waals surface area contributed by atoms with Crippen molar-refractivity contribution >= 4 is 22.9 Å². The van der Waals surface area contributed by atoms with Gasteiger partial charge in [-0.3, -0.25) is 4.79 Å². The van der Waals surface area contributed by atoms with E-state index in [1.165, 1.54) is 0 Å². The first-order chi connectivity index (χ1) is 12.7. The number of hydrogen-bond acceptors (Lipinski definition) is 4. The van der Waals surface area contributed by atoms with E-state index in [9.17, 15) is 4.79 Å². The van der Waals surface area contributed by atoms with Crippen LogP contribution in [0.5, 0.6) is 11.5 Å². The van der Waals surface area contributed by atoms with Gasteiger partial charge in [-0.15, -0.1) is 0 Å². The van der Waals surface area contributed by atoms with E-state index in [4.69, 9.17) is 9.47 Å². The molecule has 0 aromatic heterocycles. The minimum Gasteiger partial charge on any atom is -0.496 e. The molecule has 0 spiro atoms. The summed E-state index contributed by atoms with van der Waals surface area (Å²) in [7, 11) is 1.61. The lowest BCUT2D eigenvalue weighted by atomic mass is 10.0. The normalized spacial score (nSPS) is 10.8. The minimum absolute atomic E-state index is 0.104. The smallest absolute Gasteiger partial charge is 0.277 e. The molecule has 3 rings (SSSR count). The van der Waals surface area contributed by atoms with E-state index < -0.39 is 0 Å². The van der Waals surface area contributed by atoms with Gasteiger partial charge in [-0.1, -0.05) is 42.5 Å². The highest BCUT2D eigenvalue weighted by Gasteiger charge is 2.06. The summed E-state index contributed by atoms with van der Waals surface area (Å²) in [6, 6.07) is 19.3. The Morgan fingerprint density at radius 1 is 1.12 bits per heavy atom. The largest absolute Gasteiger partial charge is 0.496 e. The summed E-state index contributed by atoms with van der Waals surface area (Å²) in [6.45, 7) is 1.86. The van der Waals surface area contributed by atoms with Crippen LogP contribution in [0.1, 0.15) is 11.1 Å². The number of nitrogens with zero attached hydrogens (tertiary/aromatic N) is 1. The summed E-state index contributed by atoms with van der Waals surface area (Å²) in [5, 5.41) is 6.12. The number of amides is 1. The van der Waals surface area contributed by atoms with E-state index in [2.05, 4.69) is 10.5 Å². The second-order valence-electron chi connectivity index (χ2n) is 5.80. The Balaban J connectivity index is 1.66. The van der Waals surface area contributed by atoms with E-state index in [0.717, 1.165) is 21.9 Å². The Kier molecular flexibility index (Phi) is 5.49. The number of nitrogens with one attached hydrogen (secondary N) is 1. The Morgan fingerprint density at radius 3 is 2.77 bits per heavy atom. The fourth-order valence-electron chi connectivity index (χ4n) is 2.64. The Hall–Kier alpha value is -3.34. The average molecular weight is 348 g/mol. The zero-order valence-electron chi connectivity index (χ0n) is 14.7. The first-order valence-electron chi connectivity index (χ1n) is 8.24. The molecule has 0 bridgehead atoms. The molecule has 1 amide bonds. The van der Waals surface area contributed by atoms with Gasteiger partial charge in [0.25, 0.3) is 5.91 Å². The monoisotopic (exact) mass is 348 g/mol. The van der Waals surface area contributed by atoms with Crippen molar-refractivity contribution in [3.8, 4) is 11.5 Å². The lowest BCUT2D eigenvalue weighted by Gasteiger charge is -2.08. The number of carbonyl (C=O) groups is 1. The van der Waals surface area contributed by atoms with Crippen LogP contribution in [0.15, 0.2) is 65.8 Å². The summed E-state index contributed by atoms with van der Waals surface area (Å²) in [4.78, 5) is 11.9. The van der Waals surface area contributed by atoms with Gasteiger partial charge in [-0.05, 0) is 41.5 Å². The van der Waals surface area contributed by atoms with Crippen LogP contribution in [0.4, 0.5) is 0 Å². The molecule has 5 nitrogen and oxygen atoms in total. The molecule has 0 aliphatic heterocycles. The Morgan fingerprint density at radius 2 is 1.96 bits per heavy atom. The number of benzene rings is 3. The third kappa shape index (κ3) is 4.19. The third-order valence-corrected chi connectivity index (χ3v) is 3.89. The maximum atomic E-state index is 11.9. The Bertz CT molecular complexity index is 951. The molecule has 3 aromatic rings. The van der Waals surface area contributed by atoms with E-state index >= 15 is 0 Å². The molecule has 0 saturated heterocycles. The topological polar surface area (TPSA) is 59.9 Å². The fourth-order valence-corrected chi connectivity index (χ4v) is 2.64. The number of ether oxygens (including phenoxy) is 2. The summed E-state index contributed by atoms with van der Waals surface area (Å²) < 4.78 is 10.9. The predicted molar refractivity (Wildman–Crippen MR) is 103 cm³/mol. The first kappa shape index (κ1) is 17.5.